The van der Waals surface area contributed by atoms with Crippen molar-refractivity contribution in [1.29, 1.82) is 0 Å². The highest BCUT2D eigenvalue weighted by molar-refractivity contribution is 9.10. The molecule has 1 aromatic carbocycles. The lowest BCUT2D eigenvalue weighted by molar-refractivity contribution is -0.00778. The molecule has 2 aliphatic heterocycles. The molecule has 0 unspecified atom stereocenters. The van der Waals surface area contributed by atoms with E-state index < -0.39 is 0 Å². The Morgan fingerprint density at radius 3 is 3.18 bits per heavy atom. The number of nitrogens with one attached hydrogen (secondary N) is 2. The summed E-state index contributed by atoms with van der Waals surface area (Å²) in [6, 6.07) is 5.93. The van der Waals surface area contributed by atoms with Crippen LogP contribution in [-0.4, -0.2) is 30.5 Å². The fraction of sp³-hybridized carbons (Fsp3) is 0.455. The van der Waals surface area contributed by atoms with Gasteiger partial charge in [0, 0.05) is 11.1 Å². The van der Waals surface area contributed by atoms with Gasteiger partial charge in [-0.25, -0.2) is 0 Å². The van der Waals surface area contributed by atoms with Crippen LogP contribution in [0.15, 0.2) is 22.7 Å². The van der Waals surface area contributed by atoms with Gasteiger partial charge in [-0.15, -0.1) is 5.53 Å². The summed E-state index contributed by atoms with van der Waals surface area (Å²) >= 11 is 3.43. The number of benzene rings is 1. The molecule has 3 N–H and O–H groups in total. The number of ether oxygens (including phenoxy) is 1. The summed E-state index contributed by atoms with van der Waals surface area (Å²) in [5.41, 5.74) is 8.19. The maximum atomic E-state index is 10.0. The van der Waals surface area contributed by atoms with Crippen LogP contribution in [0.1, 0.15) is 6.42 Å². The van der Waals surface area contributed by atoms with Crippen LogP contribution in [0.3, 0.4) is 0 Å². The van der Waals surface area contributed by atoms with E-state index in [9.17, 15) is 5.11 Å². The van der Waals surface area contributed by atoms with E-state index in [1.165, 1.54) is 0 Å². The summed E-state index contributed by atoms with van der Waals surface area (Å²) in [6.07, 6.45) is 0.307. The number of rotatable bonds is 1. The number of nitrogens with zero attached hydrogens (tertiary/aromatic N) is 1. The summed E-state index contributed by atoms with van der Waals surface area (Å²) in [6.45, 7) is 1.16. The van der Waals surface area contributed by atoms with Gasteiger partial charge in [0.15, 0.2) is 0 Å². The van der Waals surface area contributed by atoms with Crippen LogP contribution in [0, 0.1) is 0 Å². The summed E-state index contributed by atoms with van der Waals surface area (Å²) < 4.78 is 6.45. The lowest BCUT2D eigenvalue weighted by atomic mass is 10.1. The summed E-state index contributed by atoms with van der Waals surface area (Å²) in [4.78, 5) is 0. The van der Waals surface area contributed by atoms with Gasteiger partial charge in [-0.2, -0.15) is 0 Å². The zero-order valence-electron chi connectivity index (χ0n) is 9.19. The SMILES string of the molecule is O[C@H]1CCOC[C@@H]1N1NNc2cc(Br)ccc21. The van der Waals surface area contributed by atoms with E-state index in [2.05, 4.69) is 26.9 Å². The molecule has 1 fully saturated rings. The van der Waals surface area contributed by atoms with Crippen molar-refractivity contribution >= 4 is 27.3 Å². The van der Waals surface area contributed by atoms with E-state index in [1.807, 2.05) is 23.2 Å². The molecule has 1 aromatic rings. The first-order chi connectivity index (χ1) is 8.25. The molecule has 0 aromatic heterocycles. The summed E-state index contributed by atoms with van der Waals surface area (Å²) in [7, 11) is 0. The third-order valence-corrected chi connectivity index (χ3v) is 3.64. The van der Waals surface area contributed by atoms with Gasteiger partial charge in [-0.05, 0) is 24.6 Å². The number of aliphatic hydroxyl groups excluding tert-OH is 1. The molecule has 0 amide bonds. The number of aliphatic hydroxyl groups is 1. The van der Waals surface area contributed by atoms with E-state index in [1.54, 1.807) is 0 Å². The van der Waals surface area contributed by atoms with Gasteiger partial charge >= 0.3 is 0 Å². The second-order valence-electron chi connectivity index (χ2n) is 4.27. The van der Waals surface area contributed by atoms with E-state index in [-0.39, 0.29) is 12.1 Å². The van der Waals surface area contributed by atoms with Gasteiger partial charge in [0.25, 0.3) is 0 Å². The highest BCUT2D eigenvalue weighted by atomic mass is 79.9. The Morgan fingerprint density at radius 1 is 1.47 bits per heavy atom. The molecule has 2 heterocycles. The molecule has 3 rings (SSSR count). The average molecular weight is 300 g/mol. The van der Waals surface area contributed by atoms with Crippen LogP contribution in [-0.2, 0) is 4.74 Å². The maximum Gasteiger partial charge on any atom is 0.0966 e. The fourth-order valence-electron chi connectivity index (χ4n) is 2.22. The van der Waals surface area contributed by atoms with Crippen molar-refractivity contribution in [1.82, 2.24) is 5.53 Å². The number of hydrogen-bond donors (Lipinski definition) is 3. The summed E-state index contributed by atoms with van der Waals surface area (Å²) in [5, 5.41) is 11.9. The first-order valence-corrected chi connectivity index (χ1v) is 6.41. The largest absolute Gasteiger partial charge is 0.391 e. The molecule has 1 saturated heterocycles. The Hall–Kier alpha value is -0.820. The Kier molecular flexibility index (Phi) is 2.96. The first kappa shape index (κ1) is 11.3. The third kappa shape index (κ3) is 2.01. The smallest absolute Gasteiger partial charge is 0.0966 e. The first-order valence-electron chi connectivity index (χ1n) is 5.62. The van der Waals surface area contributed by atoms with Crippen molar-refractivity contribution < 1.29 is 9.84 Å². The number of hydrogen-bond acceptors (Lipinski definition) is 5. The van der Waals surface area contributed by atoms with E-state index in [0.29, 0.717) is 19.6 Å². The molecule has 5 nitrogen and oxygen atoms in total. The number of fused-ring (bicyclic) bond motifs is 1. The Morgan fingerprint density at radius 2 is 2.35 bits per heavy atom. The predicted octanol–water partition coefficient (Wildman–Crippen LogP) is 1.25. The minimum Gasteiger partial charge on any atom is -0.391 e. The highest BCUT2D eigenvalue weighted by Crippen LogP contribution is 2.34. The number of hydrazine groups is 2. The van der Waals surface area contributed by atoms with Crippen molar-refractivity contribution in [2.75, 3.05) is 23.6 Å². The molecule has 0 saturated carbocycles. The number of halogens is 1. The third-order valence-electron chi connectivity index (χ3n) is 3.15. The zero-order valence-corrected chi connectivity index (χ0v) is 10.8. The molecule has 6 heteroatoms. The van der Waals surface area contributed by atoms with Gasteiger partial charge in [-0.3, -0.25) is 5.01 Å². The Balaban J connectivity index is 1.87. The normalized spacial score (nSPS) is 27.8. The molecule has 92 valence electrons. The summed E-state index contributed by atoms with van der Waals surface area (Å²) in [5.74, 6) is 0. The van der Waals surface area contributed by atoms with Gasteiger partial charge in [0.2, 0.25) is 0 Å². The highest BCUT2D eigenvalue weighted by Gasteiger charge is 2.33. The monoisotopic (exact) mass is 299 g/mol. The quantitative estimate of drug-likeness (QED) is 0.729. The maximum absolute atomic E-state index is 10.0. The van der Waals surface area contributed by atoms with Crippen LogP contribution >= 0.6 is 15.9 Å². The van der Waals surface area contributed by atoms with Crippen molar-refractivity contribution in [3.8, 4) is 0 Å². The molecular formula is C11H14BrN3O2. The van der Waals surface area contributed by atoms with Crippen molar-refractivity contribution in [3.63, 3.8) is 0 Å². The standard InChI is InChI=1S/C11H14BrN3O2/c12-7-1-2-9-8(5-7)13-14-15(9)10-6-17-4-3-11(10)16/h1-2,5,10-11,13-14,16H,3-4,6H2/t10-,11-/m0/s1. The Labute approximate surface area is 108 Å². The molecule has 0 spiro atoms. The van der Waals surface area contributed by atoms with Crippen LogP contribution < -0.4 is 16.0 Å². The van der Waals surface area contributed by atoms with Crippen molar-refractivity contribution in [2.45, 2.75) is 18.6 Å². The van der Waals surface area contributed by atoms with Crippen LogP contribution in [0.25, 0.3) is 0 Å². The van der Waals surface area contributed by atoms with Crippen LogP contribution in [0.5, 0.6) is 0 Å². The van der Waals surface area contributed by atoms with Gasteiger partial charge in [-0.1, -0.05) is 15.9 Å². The molecule has 0 radical (unpaired) electrons. The minimum absolute atomic E-state index is 0.0568. The predicted molar refractivity (Wildman–Crippen MR) is 68.6 cm³/mol. The topological polar surface area (TPSA) is 56.8 Å². The molecule has 17 heavy (non-hydrogen) atoms. The van der Waals surface area contributed by atoms with Crippen molar-refractivity contribution in [3.05, 3.63) is 22.7 Å². The lowest BCUT2D eigenvalue weighted by Crippen LogP contribution is -2.54. The molecular weight excluding hydrogens is 286 g/mol. The lowest BCUT2D eigenvalue weighted by Gasteiger charge is -2.35. The average Bonchev–Trinajstić information content (AvgIpc) is 2.72. The van der Waals surface area contributed by atoms with Crippen LogP contribution in [0.4, 0.5) is 11.4 Å². The molecule has 2 aliphatic rings. The molecule has 2 atom stereocenters. The Bertz CT molecular complexity index is 429. The second kappa shape index (κ2) is 4.45. The minimum atomic E-state index is -0.368. The molecule has 0 aliphatic carbocycles. The zero-order chi connectivity index (χ0) is 11.8. The van der Waals surface area contributed by atoms with Gasteiger partial charge in [0.1, 0.15) is 0 Å². The van der Waals surface area contributed by atoms with E-state index in [0.717, 1.165) is 15.8 Å². The van der Waals surface area contributed by atoms with Crippen LogP contribution in [0.2, 0.25) is 0 Å². The van der Waals surface area contributed by atoms with Gasteiger partial charge in [0.05, 0.1) is 30.1 Å². The van der Waals surface area contributed by atoms with E-state index in [4.69, 9.17) is 4.74 Å². The van der Waals surface area contributed by atoms with Gasteiger partial charge < -0.3 is 15.3 Å². The molecule has 0 bridgehead atoms. The number of anilines is 2. The second-order valence-corrected chi connectivity index (χ2v) is 5.18. The van der Waals surface area contributed by atoms with E-state index >= 15 is 0 Å². The van der Waals surface area contributed by atoms with Crippen molar-refractivity contribution in [2.24, 2.45) is 0 Å². The fourth-order valence-corrected chi connectivity index (χ4v) is 2.58.